The fourth-order valence-corrected chi connectivity index (χ4v) is 3.77. The highest BCUT2D eigenvalue weighted by atomic mass is 16.7. The van der Waals surface area contributed by atoms with Gasteiger partial charge in [0.15, 0.2) is 0 Å². The minimum Gasteiger partial charge on any atom is -0.497 e. The van der Waals surface area contributed by atoms with Crippen LogP contribution in [-0.4, -0.2) is 19.2 Å². The lowest BCUT2D eigenvalue weighted by molar-refractivity contribution is -0.155. The van der Waals surface area contributed by atoms with Crippen molar-refractivity contribution in [2.24, 2.45) is 0 Å². The standard InChI is InChI=1S/C22H24O4/c1-15-7-11-17(12-8-15)22(21(23)25-19-5-3-4-6-19)20(26-22)16-9-13-18(24-2)14-10-16/h7-14,19-20H,3-6H2,1-2H3. The van der Waals surface area contributed by atoms with Crippen LogP contribution < -0.4 is 4.74 Å². The summed E-state index contributed by atoms with van der Waals surface area (Å²) in [5.74, 6) is 0.512. The van der Waals surface area contributed by atoms with Gasteiger partial charge in [-0.3, -0.25) is 0 Å². The largest absolute Gasteiger partial charge is 0.497 e. The Hall–Kier alpha value is -2.33. The third kappa shape index (κ3) is 2.99. The molecule has 1 aliphatic heterocycles. The summed E-state index contributed by atoms with van der Waals surface area (Å²) in [7, 11) is 1.64. The average Bonchev–Trinajstić information content (AvgIpc) is 3.23. The first kappa shape index (κ1) is 17.1. The number of epoxide rings is 1. The number of carbonyl (C=O) groups excluding carboxylic acids is 1. The van der Waals surface area contributed by atoms with E-state index in [1.54, 1.807) is 7.11 Å². The van der Waals surface area contributed by atoms with E-state index in [9.17, 15) is 4.79 Å². The number of methoxy groups -OCH3 is 1. The van der Waals surface area contributed by atoms with E-state index in [2.05, 4.69) is 0 Å². The predicted molar refractivity (Wildman–Crippen MR) is 98.0 cm³/mol. The number of rotatable bonds is 5. The van der Waals surface area contributed by atoms with E-state index < -0.39 is 5.60 Å². The van der Waals surface area contributed by atoms with Crippen LogP contribution in [-0.2, 0) is 19.9 Å². The zero-order valence-electron chi connectivity index (χ0n) is 15.2. The van der Waals surface area contributed by atoms with E-state index in [-0.39, 0.29) is 18.2 Å². The number of hydrogen-bond acceptors (Lipinski definition) is 4. The monoisotopic (exact) mass is 352 g/mol. The Morgan fingerprint density at radius 2 is 1.69 bits per heavy atom. The molecule has 0 N–H and O–H groups in total. The molecule has 1 saturated carbocycles. The van der Waals surface area contributed by atoms with Crippen LogP contribution in [0.1, 0.15) is 48.5 Å². The Bertz CT molecular complexity index is 775. The fourth-order valence-electron chi connectivity index (χ4n) is 3.77. The zero-order valence-corrected chi connectivity index (χ0v) is 15.2. The third-order valence-electron chi connectivity index (χ3n) is 5.39. The molecule has 1 heterocycles. The SMILES string of the molecule is COc1ccc(C2OC2(C(=O)OC2CCCC2)c2ccc(C)cc2)cc1. The smallest absolute Gasteiger partial charge is 0.346 e. The first-order valence-electron chi connectivity index (χ1n) is 9.23. The maximum absolute atomic E-state index is 13.1. The van der Waals surface area contributed by atoms with Crippen molar-refractivity contribution in [2.45, 2.75) is 50.4 Å². The molecule has 26 heavy (non-hydrogen) atoms. The predicted octanol–water partition coefficient (Wildman–Crippen LogP) is 4.46. The molecule has 1 aliphatic carbocycles. The summed E-state index contributed by atoms with van der Waals surface area (Å²) < 4.78 is 17.1. The van der Waals surface area contributed by atoms with Crippen LogP contribution in [0.3, 0.4) is 0 Å². The molecule has 0 radical (unpaired) electrons. The molecular weight excluding hydrogens is 328 g/mol. The van der Waals surface area contributed by atoms with E-state index >= 15 is 0 Å². The second-order valence-corrected chi connectivity index (χ2v) is 7.18. The second-order valence-electron chi connectivity index (χ2n) is 7.18. The molecular formula is C22H24O4. The summed E-state index contributed by atoms with van der Waals surface area (Å²) >= 11 is 0. The van der Waals surface area contributed by atoms with Gasteiger partial charge in [0.1, 0.15) is 18.0 Å². The van der Waals surface area contributed by atoms with Gasteiger partial charge in [0, 0.05) is 0 Å². The number of benzene rings is 2. The molecule has 2 unspecified atom stereocenters. The minimum atomic E-state index is -1.04. The van der Waals surface area contributed by atoms with Gasteiger partial charge in [0.05, 0.1) is 7.11 Å². The number of hydrogen-bond donors (Lipinski definition) is 0. The van der Waals surface area contributed by atoms with E-state index in [4.69, 9.17) is 14.2 Å². The zero-order chi connectivity index (χ0) is 18.1. The van der Waals surface area contributed by atoms with Crippen LogP contribution >= 0.6 is 0 Å². The van der Waals surface area contributed by atoms with Crippen molar-refractivity contribution in [1.82, 2.24) is 0 Å². The quantitative estimate of drug-likeness (QED) is 0.589. The number of aryl methyl sites for hydroxylation is 1. The molecule has 136 valence electrons. The van der Waals surface area contributed by atoms with Gasteiger partial charge in [0.25, 0.3) is 0 Å². The van der Waals surface area contributed by atoms with Gasteiger partial charge >= 0.3 is 5.97 Å². The van der Waals surface area contributed by atoms with Crippen molar-refractivity contribution in [3.8, 4) is 5.75 Å². The molecule has 2 aromatic rings. The highest BCUT2D eigenvalue weighted by molar-refractivity contribution is 5.86. The number of esters is 1. The Morgan fingerprint density at radius 1 is 1.04 bits per heavy atom. The maximum atomic E-state index is 13.1. The molecule has 2 aliphatic rings. The highest BCUT2D eigenvalue weighted by Crippen LogP contribution is 2.58. The van der Waals surface area contributed by atoms with Gasteiger partial charge in [0.2, 0.25) is 5.60 Å². The van der Waals surface area contributed by atoms with E-state index in [0.29, 0.717) is 0 Å². The maximum Gasteiger partial charge on any atom is 0.346 e. The summed E-state index contributed by atoms with van der Waals surface area (Å²) in [6.45, 7) is 2.03. The molecule has 0 spiro atoms. The van der Waals surface area contributed by atoms with Gasteiger partial charge in [-0.05, 0) is 55.9 Å². The lowest BCUT2D eigenvalue weighted by atomic mass is 9.91. The van der Waals surface area contributed by atoms with Crippen molar-refractivity contribution in [1.29, 1.82) is 0 Å². The third-order valence-corrected chi connectivity index (χ3v) is 5.39. The molecule has 2 aromatic carbocycles. The van der Waals surface area contributed by atoms with Gasteiger partial charge in [-0.15, -0.1) is 0 Å². The molecule has 2 fully saturated rings. The van der Waals surface area contributed by atoms with Crippen LogP contribution in [0.2, 0.25) is 0 Å². The number of ether oxygens (including phenoxy) is 3. The van der Waals surface area contributed by atoms with Crippen molar-refractivity contribution in [2.75, 3.05) is 7.11 Å². The average molecular weight is 352 g/mol. The Balaban J connectivity index is 1.64. The lowest BCUT2D eigenvalue weighted by Crippen LogP contribution is -2.29. The van der Waals surface area contributed by atoms with Crippen LogP contribution in [0.5, 0.6) is 5.75 Å². The van der Waals surface area contributed by atoms with Crippen LogP contribution in [0, 0.1) is 6.92 Å². The molecule has 4 rings (SSSR count). The van der Waals surface area contributed by atoms with Crippen LogP contribution in [0.15, 0.2) is 48.5 Å². The second kappa shape index (κ2) is 6.76. The van der Waals surface area contributed by atoms with Crippen LogP contribution in [0.4, 0.5) is 0 Å². The molecule has 4 nitrogen and oxygen atoms in total. The van der Waals surface area contributed by atoms with E-state index in [1.165, 1.54) is 0 Å². The van der Waals surface area contributed by atoms with Crippen LogP contribution in [0.25, 0.3) is 0 Å². The molecule has 1 saturated heterocycles. The Labute approximate surface area is 154 Å². The van der Waals surface area contributed by atoms with E-state index in [0.717, 1.165) is 48.1 Å². The first-order chi connectivity index (χ1) is 12.6. The van der Waals surface area contributed by atoms with Crippen molar-refractivity contribution >= 4 is 5.97 Å². The summed E-state index contributed by atoms with van der Waals surface area (Å²) in [6, 6.07) is 15.6. The Kier molecular flexibility index (Phi) is 4.45. The molecule has 2 atom stereocenters. The molecule has 4 heteroatoms. The molecule has 0 bridgehead atoms. The van der Waals surface area contributed by atoms with Gasteiger partial charge in [-0.1, -0.05) is 42.0 Å². The summed E-state index contributed by atoms with van der Waals surface area (Å²) in [5.41, 5.74) is 1.92. The van der Waals surface area contributed by atoms with Crippen molar-refractivity contribution in [3.63, 3.8) is 0 Å². The topological polar surface area (TPSA) is 48.1 Å². The summed E-state index contributed by atoms with van der Waals surface area (Å²) in [6.07, 6.45) is 3.83. The first-order valence-corrected chi connectivity index (χ1v) is 9.23. The fraction of sp³-hybridized carbons (Fsp3) is 0.409. The summed E-state index contributed by atoms with van der Waals surface area (Å²) in [5, 5.41) is 0. The van der Waals surface area contributed by atoms with Crippen molar-refractivity contribution < 1.29 is 19.0 Å². The Morgan fingerprint density at radius 3 is 2.31 bits per heavy atom. The lowest BCUT2D eigenvalue weighted by Gasteiger charge is -2.17. The van der Waals surface area contributed by atoms with Gasteiger partial charge < -0.3 is 14.2 Å². The van der Waals surface area contributed by atoms with Crippen molar-refractivity contribution in [3.05, 3.63) is 65.2 Å². The number of carbonyl (C=O) groups is 1. The molecule has 0 amide bonds. The minimum absolute atomic E-state index is 0.0190. The highest BCUT2D eigenvalue weighted by Gasteiger charge is 2.66. The normalized spacial score (nSPS) is 25.1. The van der Waals surface area contributed by atoms with Gasteiger partial charge in [-0.25, -0.2) is 4.79 Å². The summed E-state index contributed by atoms with van der Waals surface area (Å²) in [4.78, 5) is 13.1. The van der Waals surface area contributed by atoms with E-state index in [1.807, 2.05) is 55.5 Å². The van der Waals surface area contributed by atoms with Gasteiger partial charge in [-0.2, -0.15) is 0 Å². The molecule has 0 aromatic heterocycles.